The zero-order valence-corrected chi connectivity index (χ0v) is 13.2. The molecule has 0 saturated carbocycles. The number of hydrogen-bond donors (Lipinski definition) is 1. The molecule has 1 aliphatic rings. The zero-order chi connectivity index (χ0) is 13.5. The van der Waals surface area contributed by atoms with Crippen LogP contribution in [0.25, 0.3) is 0 Å². The molecule has 1 atom stereocenters. The number of rotatable bonds is 5. The van der Waals surface area contributed by atoms with Gasteiger partial charge in [0.15, 0.2) is 0 Å². The molecule has 1 aliphatic carbocycles. The Bertz CT molecular complexity index is 405. The van der Waals surface area contributed by atoms with Crippen LogP contribution in [0.4, 0.5) is 0 Å². The molecular weight excluding hydrogens is 250 g/mol. The molecule has 1 heterocycles. The summed E-state index contributed by atoms with van der Waals surface area (Å²) in [4.78, 5) is 1.53. The molecule has 0 aromatic carbocycles. The smallest absolute Gasteiger partial charge is 0.0633 e. The van der Waals surface area contributed by atoms with Crippen molar-refractivity contribution in [3.05, 3.63) is 33.5 Å². The molecule has 1 N–H and O–H groups in total. The summed E-state index contributed by atoms with van der Waals surface area (Å²) in [6, 6.07) is 2.72. The lowest BCUT2D eigenvalue weighted by Gasteiger charge is -2.23. The van der Waals surface area contributed by atoms with Gasteiger partial charge in [0, 0.05) is 4.88 Å². The quantitative estimate of drug-likeness (QED) is 0.713. The summed E-state index contributed by atoms with van der Waals surface area (Å²) in [6.45, 7) is 5.60. The largest absolute Gasteiger partial charge is 0.306 e. The molecule has 0 amide bonds. The summed E-state index contributed by atoms with van der Waals surface area (Å²) in [5, 5.41) is 6.00. The minimum atomic E-state index is 0.470. The maximum absolute atomic E-state index is 3.77. The highest BCUT2D eigenvalue weighted by Gasteiger charge is 2.19. The fourth-order valence-electron chi connectivity index (χ4n) is 2.84. The summed E-state index contributed by atoms with van der Waals surface area (Å²) in [5.74, 6) is 0. The third-order valence-electron chi connectivity index (χ3n) is 3.96. The Balaban J connectivity index is 2.18. The van der Waals surface area contributed by atoms with Crippen molar-refractivity contribution in [3.63, 3.8) is 0 Å². The average molecular weight is 277 g/mol. The predicted octanol–water partition coefficient (Wildman–Crippen LogP) is 5.38. The first-order chi connectivity index (χ1) is 9.33. The van der Waals surface area contributed by atoms with Crippen LogP contribution in [0.3, 0.4) is 0 Å². The van der Waals surface area contributed by atoms with Gasteiger partial charge in [-0.05, 0) is 62.6 Å². The lowest BCUT2D eigenvalue weighted by atomic mass is 9.93. The number of allylic oxidation sites excluding steroid dienone is 1. The molecule has 0 saturated heterocycles. The summed E-state index contributed by atoms with van der Waals surface area (Å²) >= 11 is 1.91. The summed E-state index contributed by atoms with van der Waals surface area (Å²) in [7, 11) is 0. The highest BCUT2D eigenvalue weighted by atomic mass is 32.1. The number of nitrogens with one attached hydrogen (secondary N) is 1. The Morgan fingerprint density at radius 2 is 2.11 bits per heavy atom. The minimum Gasteiger partial charge on any atom is -0.306 e. The molecule has 0 spiro atoms. The van der Waals surface area contributed by atoms with Crippen LogP contribution in [0.1, 0.15) is 68.4 Å². The second-order valence-electron chi connectivity index (χ2n) is 5.59. The van der Waals surface area contributed by atoms with Crippen molar-refractivity contribution in [2.45, 2.75) is 64.8 Å². The lowest BCUT2D eigenvalue weighted by molar-refractivity contribution is 0.544. The van der Waals surface area contributed by atoms with Gasteiger partial charge in [-0.15, -0.1) is 11.3 Å². The second kappa shape index (κ2) is 7.86. The molecule has 1 nitrogen and oxygen atoms in total. The Labute approximate surface area is 122 Å². The molecule has 0 fully saturated rings. The summed E-state index contributed by atoms with van der Waals surface area (Å²) in [6.07, 6.45) is 11.8. The molecule has 1 aromatic heterocycles. The van der Waals surface area contributed by atoms with E-state index in [-0.39, 0.29) is 0 Å². The molecule has 0 aliphatic heterocycles. The van der Waals surface area contributed by atoms with Crippen LogP contribution in [0.5, 0.6) is 0 Å². The molecule has 0 radical (unpaired) electrons. The Kier molecular flexibility index (Phi) is 6.12. The van der Waals surface area contributed by atoms with E-state index in [1.807, 2.05) is 11.3 Å². The van der Waals surface area contributed by atoms with Gasteiger partial charge in [0.25, 0.3) is 0 Å². The molecule has 2 rings (SSSR count). The van der Waals surface area contributed by atoms with Crippen molar-refractivity contribution in [2.75, 3.05) is 6.54 Å². The van der Waals surface area contributed by atoms with E-state index in [2.05, 4.69) is 36.7 Å². The average Bonchev–Trinajstić information content (AvgIpc) is 2.78. The topological polar surface area (TPSA) is 12.0 Å². The second-order valence-corrected chi connectivity index (χ2v) is 6.53. The van der Waals surface area contributed by atoms with Gasteiger partial charge in [0.05, 0.1) is 6.04 Å². The van der Waals surface area contributed by atoms with Gasteiger partial charge in [0.2, 0.25) is 0 Å². The summed E-state index contributed by atoms with van der Waals surface area (Å²) < 4.78 is 0. The third-order valence-corrected chi connectivity index (χ3v) is 5.04. The molecule has 106 valence electrons. The van der Waals surface area contributed by atoms with E-state index < -0.39 is 0 Å². The third kappa shape index (κ3) is 4.19. The molecule has 1 unspecified atom stereocenters. The van der Waals surface area contributed by atoms with Crippen molar-refractivity contribution in [3.8, 4) is 0 Å². The van der Waals surface area contributed by atoms with E-state index in [0.717, 1.165) is 6.54 Å². The fourth-order valence-corrected chi connectivity index (χ4v) is 3.88. The Hall–Kier alpha value is -0.600. The van der Waals surface area contributed by atoms with Crippen molar-refractivity contribution in [2.24, 2.45) is 0 Å². The van der Waals surface area contributed by atoms with Gasteiger partial charge in [-0.2, -0.15) is 0 Å². The van der Waals surface area contributed by atoms with E-state index in [4.69, 9.17) is 0 Å². The molecule has 19 heavy (non-hydrogen) atoms. The van der Waals surface area contributed by atoms with Gasteiger partial charge >= 0.3 is 0 Å². The highest BCUT2D eigenvalue weighted by molar-refractivity contribution is 7.10. The van der Waals surface area contributed by atoms with Crippen LogP contribution in [0.2, 0.25) is 0 Å². The zero-order valence-electron chi connectivity index (χ0n) is 12.4. The van der Waals surface area contributed by atoms with Crippen molar-refractivity contribution in [1.29, 1.82) is 0 Å². The van der Waals surface area contributed by atoms with Gasteiger partial charge < -0.3 is 5.32 Å². The fraction of sp³-hybridized carbons (Fsp3) is 0.647. The van der Waals surface area contributed by atoms with Crippen molar-refractivity contribution < 1.29 is 0 Å². The lowest BCUT2D eigenvalue weighted by Crippen LogP contribution is -2.24. The molecule has 0 bridgehead atoms. The maximum Gasteiger partial charge on any atom is 0.0633 e. The van der Waals surface area contributed by atoms with E-state index >= 15 is 0 Å². The minimum absolute atomic E-state index is 0.470. The molecule has 1 aromatic rings. The number of aryl methyl sites for hydroxylation is 1. The van der Waals surface area contributed by atoms with Crippen LogP contribution in [0.15, 0.2) is 23.1 Å². The highest BCUT2D eigenvalue weighted by Crippen LogP contribution is 2.33. The van der Waals surface area contributed by atoms with Crippen LogP contribution in [-0.2, 0) is 0 Å². The van der Waals surface area contributed by atoms with Crippen molar-refractivity contribution in [1.82, 2.24) is 5.32 Å². The van der Waals surface area contributed by atoms with Gasteiger partial charge in [0.1, 0.15) is 0 Å². The Morgan fingerprint density at radius 1 is 1.26 bits per heavy atom. The first-order valence-electron chi connectivity index (χ1n) is 7.79. The van der Waals surface area contributed by atoms with Crippen LogP contribution in [-0.4, -0.2) is 6.54 Å². The molecule has 2 heteroatoms. The van der Waals surface area contributed by atoms with Gasteiger partial charge in [-0.25, -0.2) is 0 Å². The van der Waals surface area contributed by atoms with E-state index in [1.165, 1.54) is 55.4 Å². The first kappa shape index (κ1) is 14.8. The predicted molar refractivity (Wildman–Crippen MR) is 85.9 cm³/mol. The number of thiophene rings is 1. The maximum atomic E-state index is 3.77. The Morgan fingerprint density at radius 3 is 2.84 bits per heavy atom. The van der Waals surface area contributed by atoms with Crippen LogP contribution in [0, 0.1) is 6.92 Å². The monoisotopic (exact) mass is 277 g/mol. The van der Waals surface area contributed by atoms with Crippen LogP contribution >= 0.6 is 11.3 Å². The van der Waals surface area contributed by atoms with E-state index in [0.29, 0.717) is 6.04 Å². The van der Waals surface area contributed by atoms with Gasteiger partial charge in [-0.3, -0.25) is 0 Å². The standard InChI is InChI=1S/C17H27NS/c1-3-12-18-16(17-14(2)11-13-19-17)15-9-7-5-4-6-8-10-15/h9,11,13,16,18H,3-8,10,12H2,1-2H3/b15-9+. The van der Waals surface area contributed by atoms with Crippen molar-refractivity contribution >= 4 is 11.3 Å². The number of hydrogen-bond acceptors (Lipinski definition) is 2. The first-order valence-corrected chi connectivity index (χ1v) is 8.67. The molecular formula is C17H27NS. The van der Waals surface area contributed by atoms with Crippen LogP contribution < -0.4 is 5.32 Å². The SMILES string of the molecule is CCCNC(/C1=C/CCCCCC1)c1sccc1C. The summed E-state index contributed by atoms with van der Waals surface area (Å²) in [5.41, 5.74) is 3.08. The van der Waals surface area contributed by atoms with E-state index in [1.54, 1.807) is 5.57 Å². The normalized spacial score (nSPS) is 21.3. The van der Waals surface area contributed by atoms with E-state index in [9.17, 15) is 0 Å². The van der Waals surface area contributed by atoms with Gasteiger partial charge in [-0.1, -0.05) is 31.4 Å².